The molecule has 3 nitrogen and oxygen atoms in total. The van der Waals surface area contributed by atoms with Gasteiger partial charge in [-0.2, -0.15) is 5.10 Å². The van der Waals surface area contributed by atoms with Crippen molar-refractivity contribution in [3.63, 3.8) is 0 Å². The van der Waals surface area contributed by atoms with Gasteiger partial charge in [0.15, 0.2) is 0 Å². The summed E-state index contributed by atoms with van der Waals surface area (Å²) in [4.78, 5) is 0. The van der Waals surface area contributed by atoms with Gasteiger partial charge in [-0.05, 0) is 52.3 Å². The molecule has 0 atom stereocenters. The lowest BCUT2D eigenvalue weighted by Crippen LogP contribution is -2.18. The maximum absolute atomic E-state index is 4.53. The van der Waals surface area contributed by atoms with Crippen LogP contribution >= 0.6 is 0 Å². The smallest absolute Gasteiger partial charge is 0.102 e. The molecule has 1 aromatic rings. The summed E-state index contributed by atoms with van der Waals surface area (Å²) in [5.74, 6) is 5.97. The molecule has 0 fully saturated rings. The van der Waals surface area contributed by atoms with Crippen LogP contribution in [0.25, 0.3) is 0 Å². The quantitative estimate of drug-likeness (QED) is 0.602. The zero-order chi connectivity index (χ0) is 12.7. The van der Waals surface area contributed by atoms with Gasteiger partial charge in [0.25, 0.3) is 0 Å². The second-order valence-corrected chi connectivity index (χ2v) is 4.23. The molecule has 0 amide bonds. The van der Waals surface area contributed by atoms with Crippen molar-refractivity contribution in [2.75, 3.05) is 13.1 Å². The Morgan fingerprint density at radius 3 is 2.71 bits per heavy atom. The van der Waals surface area contributed by atoms with E-state index in [0.717, 1.165) is 25.2 Å². The van der Waals surface area contributed by atoms with E-state index in [2.05, 4.69) is 43.0 Å². The molecule has 17 heavy (non-hydrogen) atoms. The van der Waals surface area contributed by atoms with E-state index in [1.807, 2.05) is 11.6 Å². The van der Waals surface area contributed by atoms with E-state index in [0.29, 0.717) is 6.54 Å². The number of nitrogens with zero attached hydrogens (tertiary/aromatic N) is 2. The van der Waals surface area contributed by atoms with E-state index in [-0.39, 0.29) is 0 Å². The van der Waals surface area contributed by atoms with Gasteiger partial charge < -0.3 is 5.32 Å². The van der Waals surface area contributed by atoms with E-state index in [1.165, 1.54) is 17.7 Å². The van der Waals surface area contributed by atoms with Gasteiger partial charge in [-0.15, -0.1) is 5.92 Å². The lowest BCUT2D eigenvalue weighted by Gasteiger charge is -2.04. The van der Waals surface area contributed by atoms with Gasteiger partial charge in [0, 0.05) is 5.69 Å². The molecule has 0 bridgehead atoms. The number of nitrogens with one attached hydrogen (secondary N) is 1. The number of hydrogen-bond acceptors (Lipinski definition) is 2. The zero-order valence-corrected chi connectivity index (χ0v) is 11.4. The standard InChI is InChI=1S/C14H23N3/c1-5-7-11-17-13(4)14(12(3)16-17)8-10-15-9-6-2/h15H,6,8-11H2,1-4H3. The molecule has 3 heteroatoms. The van der Waals surface area contributed by atoms with Crippen LogP contribution in [0.2, 0.25) is 0 Å². The van der Waals surface area contributed by atoms with Crippen molar-refractivity contribution in [3.05, 3.63) is 17.0 Å². The van der Waals surface area contributed by atoms with Crippen LogP contribution in [0.5, 0.6) is 0 Å². The Bertz CT molecular complexity index is 407. The van der Waals surface area contributed by atoms with Crippen molar-refractivity contribution < 1.29 is 0 Å². The number of aryl methyl sites for hydroxylation is 1. The number of rotatable bonds is 6. The number of aromatic nitrogens is 2. The predicted molar refractivity (Wildman–Crippen MR) is 72.0 cm³/mol. The Morgan fingerprint density at radius 1 is 1.29 bits per heavy atom. The predicted octanol–water partition coefficient (Wildman–Crippen LogP) is 2.07. The first-order valence-corrected chi connectivity index (χ1v) is 6.33. The lowest BCUT2D eigenvalue weighted by atomic mass is 10.1. The monoisotopic (exact) mass is 233 g/mol. The fraction of sp³-hybridized carbons (Fsp3) is 0.643. The Balaban J connectivity index is 2.64. The summed E-state index contributed by atoms with van der Waals surface area (Å²) in [6.07, 6.45) is 2.24. The maximum atomic E-state index is 4.53. The SMILES string of the molecule is CC#CCn1nc(C)c(CCNCCC)c1C. The lowest BCUT2D eigenvalue weighted by molar-refractivity contribution is 0.664. The van der Waals surface area contributed by atoms with Gasteiger partial charge in [0.05, 0.1) is 5.69 Å². The minimum atomic E-state index is 0.700. The average molecular weight is 233 g/mol. The van der Waals surface area contributed by atoms with E-state index in [9.17, 15) is 0 Å². The van der Waals surface area contributed by atoms with Gasteiger partial charge >= 0.3 is 0 Å². The Hall–Kier alpha value is -1.27. The van der Waals surface area contributed by atoms with Crippen LogP contribution in [-0.4, -0.2) is 22.9 Å². The molecule has 1 N–H and O–H groups in total. The van der Waals surface area contributed by atoms with Crippen molar-refractivity contribution in [2.24, 2.45) is 0 Å². The van der Waals surface area contributed by atoms with Crippen LogP contribution in [0.3, 0.4) is 0 Å². The molecule has 1 rings (SSSR count). The Morgan fingerprint density at radius 2 is 2.06 bits per heavy atom. The highest BCUT2D eigenvalue weighted by Crippen LogP contribution is 2.13. The second-order valence-electron chi connectivity index (χ2n) is 4.23. The molecule has 94 valence electrons. The van der Waals surface area contributed by atoms with Gasteiger partial charge in [0.1, 0.15) is 6.54 Å². The topological polar surface area (TPSA) is 29.9 Å². The van der Waals surface area contributed by atoms with Crippen LogP contribution in [-0.2, 0) is 13.0 Å². The van der Waals surface area contributed by atoms with Crippen molar-refractivity contribution in [1.82, 2.24) is 15.1 Å². The molecule has 1 heterocycles. The molecule has 0 saturated heterocycles. The maximum Gasteiger partial charge on any atom is 0.102 e. The van der Waals surface area contributed by atoms with Crippen molar-refractivity contribution in [1.29, 1.82) is 0 Å². The van der Waals surface area contributed by atoms with Crippen LogP contribution in [0.4, 0.5) is 0 Å². The van der Waals surface area contributed by atoms with E-state index < -0.39 is 0 Å². The van der Waals surface area contributed by atoms with E-state index in [1.54, 1.807) is 0 Å². The molecule has 0 radical (unpaired) electrons. The number of hydrogen-bond donors (Lipinski definition) is 1. The first kappa shape index (κ1) is 13.8. The summed E-state index contributed by atoms with van der Waals surface area (Å²) in [5, 5.41) is 7.96. The minimum absolute atomic E-state index is 0.700. The highest BCUT2D eigenvalue weighted by Gasteiger charge is 2.09. The molecule has 1 aromatic heterocycles. The fourth-order valence-corrected chi connectivity index (χ4v) is 1.92. The highest BCUT2D eigenvalue weighted by atomic mass is 15.3. The first-order chi connectivity index (χ1) is 8.20. The Kier molecular flexibility index (Phi) is 5.79. The molecule has 0 unspecified atom stereocenters. The summed E-state index contributed by atoms with van der Waals surface area (Å²) in [6.45, 7) is 11.1. The summed E-state index contributed by atoms with van der Waals surface area (Å²) in [6, 6.07) is 0. The van der Waals surface area contributed by atoms with Gasteiger partial charge in [0.2, 0.25) is 0 Å². The van der Waals surface area contributed by atoms with Gasteiger partial charge in [-0.25, -0.2) is 0 Å². The van der Waals surface area contributed by atoms with Crippen LogP contribution in [0.15, 0.2) is 0 Å². The fourth-order valence-electron chi connectivity index (χ4n) is 1.92. The summed E-state index contributed by atoms with van der Waals surface area (Å²) in [5.41, 5.74) is 3.76. The molecular weight excluding hydrogens is 210 g/mol. The molecule has 0 aliphatic heterocycles. The third kappa shape index (κ3) is 3.90. The van der Waals surface area contributed by atoms with Crippen molar-refractivity contribution in [2.45, 2.75) is 47.1 Å². The third-order valence-electron chi connectivity index (χ3n) is 2.92. The van der Waals surface area contributed by atoms with Crippen LogP contribution in [0.1, 0.15) is 37.2 Å². The first-order valence-electron chi connectivity index (χ1n) is 6.33. The third-order valence-corrected chi connectivity index (χ3v) is 2.92. The molecular formula is C14H23N3. The largest absolute Gasteiger partial charge is 0.316 e. The zero-order valence-electron chi connectivity index (χ0n) is 11.4. The molecule has 0 aromatic carbocycles. The molecule has 0 spiro atoms. The molecule has 0 aliphatic rings. The molecule has 0 aliphatic carbocycles. The minimum Gasteiger partial charge on any atom is -0.316 e. The normalized spacial score (nSPS) is 10.1. The summed E-state index contributed by atoms with van der Waals surface area (Å²) < 4.78 is 2.00. The Labute approximate surface area is 105 Å². The van der Waals surface area contributed by atoms with Gasteiger partial charge in [-0.1, -0.05) is 12.8 Å². The van der Waals surface area contributed by atoms with Crippen LogP contribution in [0, 0.1) is 25.7 Å². The van der Waals surface area contributed by atoms with Crippen molar-refractivity contribution >= 4 is 0 Å². The molecule has 0 saturated carbocycles. The van der Waals surface area contributed by atoms with Gasteiger partial charge in [-0.3, -0.25) is 4.68 Å². The van der Waals surface area contributed by atoms with Crippen molar-refractivity contribution in [3.8, 4) is 11.8 Å². The summed E-state index contributed by atoms with van der Waals surface area (Å²) >= 11 is 0. The average Bonchev–Trinajstić information content (AvgIpc) is 2.58. The second kappa shape index (κ2) is 7.13. The summed E-state index contributed by atoms with van der Waals surface area (Å²) in [7, 11) is 0. The van der Waals surface area contributed by atoms with Crippen LogP contribution < -0.4 is 5.32 Å². The van der Waals surface area contributed by atoms with E-state index >= 15 is 0 Å². The van der Waals surface area contributed by atoms with E-state index in [4.69, 9.17) is 0 Å². The highest BCUT2D eigenvalue weighted by molar-refractivity contribution is 5.25.